The van der Waals surface area contributed by atoms with Gasteiger partial charge in [-0.1, -0.05) is 6.07 Å². The average Bonchev–Trinajstić information content (AvgIpc) is 2.41. The lowest BCUT2D eigenvalue weighted by Crippen LogP contribution is -2.52. The van der Waals surface area contributed by atoms with Gasteiger partial charge in [0.1, 0.15) is 11.7 Å². The van der Waals surface area contributed by atoms with Gasteiger partial charge in [-0.3, -0.25) is 9.78 Å². The summed E-state index contributed by atoms with van der Waals surface area (Å²) in [4.78, 5) is 29.9. The molecule has 5 heteroatoms. The molecule has 1 amide bonds. The molecule has 1 atom stereocenters. The van der Waals surface area contributed by atoms with Crippen LogP contribution in [0.1, 0.15) is 36.7 Å². The summed E-state index contributed by atoms with van der Waals surface area (Å²) >= 11 is 0. The van der Waals surface area contributed by atoms with E-state index in [1.165, 1.54) is 7.11 Å². The molecule has 1 saturated carbocycles. The van der Waals surface area contributed by atoms with Crippen LogP contribution in [0.4, 0.5) is 0 Å². The van der Waals surface area contributed by atoms with Gasteiger partial charge in [-0.15, -0.1) is 0 Å². The van der Waals surface area contributed by atoms with Gasteiger partial charge in [-0.2, -0.15) is 0 Å². The van der Waals surface area contributed by atoms with Gasteiger partial charge in [0.15, 0.2) is 0 Å². The van der Waals surface area contributed by atoms with Gasteiger partial charge in [0, 0.05) is 12.2 Å². The van der Waals surface area contributed by atoms with E-state index >= 15 is 0 Å². The van der Waals surface area contributed by atoms with E-state index in [0.717, 1.165) is 19.3 Å². The van der Waals surface area contributed by atoms with Crippen LogP contribution in [0.15, 0.2) is 24.4 Å². The number of nitrogens with zero attached hydrogens (tertiary/aromatic N) is 2. The highest BCUT2D eigenvalue weighted by molar-refractivity contribution is 5.95. The van der Waals surface area contributed by atoms with Gasteiger partial charge in [0.25, 0.3) is 5.91 Å². The van der Waals surface area contributed by atoms with Crippen LogP contribution in [0.5, 0.6) is 0 Å². The number of esters is 1. The summed E-state index contributed by atoms with van der Waals surface area (Å²) < 4.78 is 4.74. The van der Waals surface area contributed by atoms with Gasteiger partial charge in [-0.05, 0) is 38.3 Å². The summed E-state index contributed by atoms with van der Waals surface area (Å²) in [5.74, 6) is -0.598. The molecule has 5 nitrogen and oxygen atoms in total. The lowest BCUT2D eigenvalue weighted by atomic mass is 9.90. The highest BCUT2D eigenvalue weighted by Gasteiger charge is 2.36. The molecule has 1 aromatic heterocycles. The lowest BCUT2D eigenvalue weighted by molar-refractivity contribution is -0.146. The smallest absolute Gasteiger partial charge is 0.328 e. The third kappa shape index (κ3) is 2.75. The Morgan fingerprint density at radius 2 is 2.16 bits per heavy atom. The zero-order chi connectivity index (χ0) is 13.8. The molecule has 0 radical (unpaired) electrons. The minimum atomic E-state index is -0.579. The zero-order valence-electron chi connectivity index (χ0n) is 11.2. The fourth-order valence-corrected chi connectivity index (χ4v) is 2.23. The summed E-state index contributed by atoms with van der Waals surface area (Å²) in [6.07, 6.45) is 4.53. The van der Waals surface area contributed by atoms with E-state index in [-0.39, 0.29) is 11.9 Å². The molecule has 19 heavy (non-hydrogen) atoms. The lowest BCUT2D eigenvalue weighted by Gasteiger charge is -2.40. The highest BCUT2D eigenvalue weighted by Crippen LogP contribution is 2.28. The summed E-state index contributed by atoms with van der Waals surface area (Å²) in [6, 6.07) is 4.72. The Morgan fingerprint density at radius 3 is 2.63 bits per heavy atom. The topological polar surface area (TPSA) is 59.5 Å². The van der Waals surface area contributed by atoms with Crippen LogP contribution in [-0.4, -0.2) is 41.0 Å². The molecule has 1 aliphatic carbocycles. The molecule has 0 aromatic carbocycles. The van der Waals surface area contributed by atoms with Crippen molar-refractivity contribution in [1.29, 1.82) is 0 Å². The van der Waals surface area contributed by atoms with E-state index in [0.29, 0.717) is 5.69 Å². The summed E-state index contributed by atoms with van der Waals surface area (Å²) in [5, 5.41) is 0. The molecule has 0 aliphatic heterocycles. The van der Waals surface area contributed by atoms with Crippen LogP contribution in [0.2, 0.25) is 0 Å². The van der Waals surface area contributed by atoms with Crippen molar-refractivity contribution >= 4 is 11.9 Å². The molecular weight excluding hydrogens is 244 g/mol. The predicted octanol–water partition coefficient (Wildman–Crippen LogP) is 1.64. The second kappa shape index (κ2) is 5.82. The number of carbonyl (C=O) groups is 2. The molecule has 0 spiro atoms. The van der Waals surface area contributed by atoms with E-state index < -0.39 is 12.0 Å². The number of methoxy groups -OCH3 is 1. The Kier molecular flexibility index (Phi) is 4.14. The van der Waals surface area contributed by atoms with Gasteiger partial charge in [-0.25, -0.2) is 4.79 Å². The standard InChI is InChI=1S/C14H18N2O3/c1-10(14(18)19-2)16(11-6-5-7-11)13(17)12-8-3-4-9-15-12/h3-4,8-11H,5-7H2,1-2H3/t10-/m0/s1. The molecule has 102 valence electrons. The van der Waals surface area contributed by atoms with Crippen molar-refractivity contribution in [2.75, 3.05) is 7.11 Å². The Balaban J connectivity index is 2.22. The Labute approximate surface area is 112 Å². The number of ether oxygens (including phenoxy) is 1. The van der Waals surface area contributed by atoms with Gasteiger partial charge < -0.3 is 9.64 Å². The minimum absolute atomic E-state index is 0.114. The number of carbonyl (C=O) groups excluding carboxylic acids is 2. The molecule has 1 aromatic rings. The van der Waals surface area contributed by atoms with Crippen molar-refractivity contribution in [3.63, 3.8) is 0 Å². The Morgan fingerprint density at radius 1 is 1.42 bits per heavy atom. The maximum atomic E-state index is 12.5. The third-order valence-electron chi connectivity index (χ3n) is 3.55. The molecule has 0 saturated heterocycles. The molecule has 0 bridgehead atoms. The maximum Gasteiger partial charge on any atom is 0.328 e. The first-order valence-electron chi connectivity index (χ1n) is 6.46. The molecule has 2 rings (SSSR count). The van der Waals surface area contributed by atoms with E-state index in [1.54, 1.807) is 36.2 Å². The van der Waals surface area contributed by atoms with E-state index in [4.69, 9.17) is 4.74 Å². The second-order valence-electron chi connectivity index (χ2n) is 4.71. The SMILES string of the molecule is COC(=O)[C@H](C)N(C(=O)c1ccccn1)C1CCC1. The number of hydrogen-bond donors (Lipinski definition) is 0. The van der Waals surface area contributed by atoms with Gasteiger partial charge in [0.2, 0.25) is 0 Å². The van der Waals surface area contributed by atoms with Crippen LogP contribution in [-0.2, 0) is 9.53 Å². The molecule has 0 N–H and O–H groups in total. The number of aromatic nitrogens is 1. The van der Waals surface area contributed by atoms with Gasteiger partial charge >= 0.3 is 5.97 Å². The van der Waals surface area contributed by atoms with Crippen molar-refractivity contribution in [2.24, 2.45) is 0 Å². The van der Waals surface area contributed by atoms with Crippen LogP contribution >= 0.6 is 0 Å². The second-order valence-corrected chi connectivity index (χ2v) is 4.71. The van der Waals surface area contributed by atoms with Crippen molar-refractivity contribution in [3.8, 4) is 0 Å². The first kappa shape index (κ1) is 13.5. The molecular formula is C14H18N2O3. The van der Waals surface area contributed by atoms with Crippen molar-refractivity contribution in [2.45, 2.75) is 38.3 Å². The first-order chi connectivity index (χ1) is 9.15. The monoisotopic (exact) mass is 262 g/mol. The van der Waals surface area contributed by atoms with E-state index in [2.05, 4.69) is 4.98 Å². The molecule has 1 heterocycles. The minimum Gasteiger partial charge on any atom is -0.467 e. The predicted molar refractivity (Wildman–Crippen MR) is 69.5 cm³/mol. The zero-order valence-corrected chi connectivity index (χ0v) is 11.2. The summed E-state index contributed by atoms with van der Waals surface area (Å²) in [7, 11) is 1.34. The van der Waals surface area contributed by atoms with Gasteiger partial charge in [0.05, 0.1) is 7.11 Å². The van der Waals surface area contributed by atoms with Crippen molar-refractivity contribution < 1.29 is 14.3 Å². The Hall–Kier alpha value is -1.91. The first-order valence-corrected chi connectivity index (χ1v) is 6.46. The fourth-order valence-electron chi connectivity index (χ4n) is 2.23. The quantitative estimate of drug-likeness (QED) is 0.774. The highest BCUT2D eigenvalue weighted by atomic mass is 16.5. The fraction of sp³-hybridized carbons (Fsp3) is 0.500. The Bertz CT molecular complexity index is 457. The average molecular weight is 262 g/mol. The van der Waals surface area contributed by atoms with Crippen LogP contribution in [0.3, 0.4) is 0 Å². The van der Waals surface area contributed by atoms with E-state index in [1.807, 2.05) is 0 Å². The van der Waals surface area contributed by atoms with Crippen LogP contribution in [0.25, 0.3) is 0 Å². The van der Waals surface area contributed by atoms with Crippen molar-refractivity contribution in [1.82, 2.24) is 9.88 Å². The molecule has 1 aliphatic rings. The molecule has 1 fully saturated rings. The normalized spacial score (nSPS) is 16.3. The largest absolute Gasteiger partial charge is 0.467 e. The number of amides is 1. The summed E-state index contributed by atoms with van der Waals surface area (Å²) in [6.45, 7) is 1.70. The number of pyridine rings is 1. The maximum absolute atomic E-state index is 12.5. The number of hydrogen-bond acceptors (Lipinski definition) is 4. The van der Waals surface area contributed by atoms with E-state index in [9.17, 15) is 9.59 Å². The van der Waals surface area contributed by atoms with Crippen LogP contribution < -0.4 is 0 Å². The molecule has 0 unspecified atom stereocenters. The summed E-state index contributed by atoms with van der Waals surface area (Å²) in [5.41, 5.74) is 0.366. The van der Waals surface area contributed by atoms with Crippen molar-refractivity contribution in [3.05, 3.63) is 30.1 Å². The van der Waals surface area contributed by atoms with Crippen LogP contribution in [0, 0.1) is 0 Å². The third-order valence-corrected chi connectivity index (χ3v) is 3.55. The number of rotatable bonds is 4.